The van der Waals surface area contributed by atoms with Crippen molar-refractivity contribution in [2.45, 2.75) is 142 Å². The van der Waals surface area contributed by atoms with E-state index >= 15 is 0 Å². The molecule has 0 amide bonds. The second kappa shape index (κ2) is 24.3. The summed E-state index contributed by atoms with van der Waals surface area (Å²) in [6.45, 7) is 4.42. The van der Waals surface area contributed by atoms with Crippen molar-refractivity contribution >= 4 is 11.9 Å². The molecule has 0 aromatic rings. The van der Waals surface area contributed by atoms with Crippen LogP contribution in [0.4, 0.5) is 0 Å². The zero-order valence-corrected chi connectivity index (χ0v) is 21.3. The number of carbonyl (C=O) groups excluding carboxylic acids is 1. The second-order valence-electron chi connectivity index (χ2n) is 9.27. The first-order valence-corrected chi connectivity index (χ1v) is 13.6. The van der Waals surface area contributed by atoms with Crippen LogP contribution < -0.4 is 0 Å². The number of carboxylic acids is 1. The fourth-order valence-electron chi connectivity index (χ4n) is 4.13. The van der Waals surface area contributed by atoms with Gasteiger partial charge in [-0.3, -0.25) is 9.59 Å². The van der Waals surface area contributed by atoms with E-state index in [4.69, 9.17) is 9.84 Å². The number of carbonyl (C=O) groups is 2. The van der Waals surface area contributed by atoms with Gasteiger partial charge in [-0.05, 0) is 32.6 Å². The van der Waals surface area contributed by atoms with E-state index in [0.717, 1.165) is 19.3 Å². The Hall–Kier alpha value is -1.32. The summed E-state index contributed by atoms with van der Waals surface area (Å²) >= 11 is 0. The predicted molar refractivity (Wildman–Crippen MR) is 135 cm³/mol. The Balaban J connectivity index is 3.42. The van der Waals surface area contributed by atoms with Crippen molar-refractivity contribution in [3.8, 4) is 0 Å². The smallest absolute Gasteiger partial charge is 0.309 e. The third-order valence-electron chi connectivity index (χ3n) is 6.11. The number of hydrogen-bond donors (Lipinski definition) is 1. The third-order valence-corrected chi connectivity index (χ3v) is 6.11. The van der Waals surface area contributed by atoms with E-state index in [9.17, 15) is 9.59 Å². The van der Waals surface area contributed by atoms with Gasteiger partial charge in [0.15, 0.2) is 0 Å². The minimum Gasteiger partial charge on any atom is -0.481 e. The van der Waals surface area contributed by atoms with Gasteiger partial charge in [0.05, 0.1) is 18.9 Å². The highest BCUT2D eigenvalue weighted by atomic mass is 16.5. The van der Waals surface area contributed by atoms with Gasteiger partial charge in [0.2, 0.25) is 0 Å². The van der Waals surface area contributed by atoms with Crippen LogP contribution in [0.2, 0.25) is 0 Å². The molecule has 1 N–H and O–H groups in total. The van der Waals surface area contributed by atoms with E-state index in [-0.39, 0.29) is 12.4 Å². The van der Waals surface area contributed by atoms with Gasteiger partial charge >= 0.3 is 11.9 Å². The molecule has 0 aliphatic rings. The van der Waals surface area contributed by atoms with Crippen molar-refractivity contribution in [2.24, 2.45) is 5.92 Å². The van der Waals surface area contributed by atoms with Crippen molar-refractivity contribution in [3.05, 3.63) is 12.2 Å². The van der Waals surface area contributed by atoms with Gasteiger partial charge in [-0.25, -0.2) is 0 Å². The average molecular weight is 453 g/mol. The van der Waals surface area contributed by atoms with Gasteiger partial charge in [-0.2, -0.15) is 0 Å². The molecule has 188 valence electrons. The summed E-state index contributed by atoms with van der Waals surface area (Å²) in [5.41, 5.74) is 0. The van der Waals surface area contributed by atoms with Crippen molar-refractivity contribution in [1.29, 1.82) is 0 Å². The van der Waals surface area contributed by atoms with E-state index in [1.807, 2.05) is 6.92 Å². The summed E-state index contributed by atoms with van der Waals surface area (Å²) < 4.78 is 5.14. The molecule has 32 heavy (non-hydrogen) atoms. The maximum atomic E-state index is 12.0. The number of rotatable bonds is 24. The molecule has 0 aliphatic heterocycles. The number of aliphatic carboxylic acids is 1. The summed E-state index contributed by atoms with van der Waals surface area (Å²) in [5, 5.41) is 9.01. The topological polar surface area (TPSA) is 63.6 Å². The van der Waals surface area contributed by atoms with Crippen LogP contribution in [-0.4, -0.2) is 23.7 Å². The molecule has 0 bridgehead atoms. The highest BCUT2D eigenvalue weighted by Crippen LogP contribution is 2.18. The molecule has 0 saturated heterocycles. The highest BCUT2D eigenvalue weighted by Gasteiger charge is 2.22. The molecule has 0 spiro atoms. The maximum Gasteiger partial charge on any atom is 0.309 e. The summed E-state index contributed by atoms with van der Waals surface area (Å²) in [7, 11) is 0. The van der Waals surface area contributed by atoms with Gasteiger partial charge < -0.3 is 9.84 Å². The van der Waals surface area contributed by atoms with Crippen LogP contribution in [0, 0.1) is 5.92 Å². The van der Waals surface area contributed by atoms with Crippen molar-refractivity contribution < 1.29 is 19.4 Å². The van der Waals surface area contributed by atoms with Gasteiger partial charge in [0.25, 0.3) is 0 Å². The number of hydrogen-bond acceptors (Lipinski definition) is 3. The van der Waals surface area contributed by atoms with Crippen LogP contribution in [-0.2, 0) is 14.3 Å². The lowest BCUT2D eigenvalue weighted by Crippen LogP contribution is -2.21. The molecule has 0 rings (SSSR count). The summed E-state index contributed by atoms with van der Waals surface area (Å²) in [6.07, 6.45) is 27.9. The van der Waals surface area contributed by atoms with Crippen LogP contribution >= 0.6 is 0 Å². The van der Waals surface area contributed by atoms with Crippen LogP contribution in [0.5, 0.6) is 0 Å². The normalized spacial score (nSPS) is 12.3. The Morgan fingerprint density at radius 2 is 1.19 bits per heavy atom. The molecule has 0 aromatic carbocycles. The maximum absolute atomic E-state index is 12.0. The number of ether oxygens (including phenoxy) is 1. The monoisotopic (exact) mass is 452 g/mol. The Labute approximate surface area is 198 Å². The standard InChI is InChI=1S/C28H52O4/c1-3-5-6-7-8-9-10-11-12-13-14-15-16-17-18-19-20-21-22-23-26(25-27(29)30)28(31)32-24-4-2/h3,5,26H,4,6-25H2,1-2H3,(H,29,30)/b5-3+. The average Bonchev–Trinajstić information content (AvgIpc) is 2.77. The molecule has 1 atom stereocenters. The van der Waals surface area contributed by atoms with Crippen LogP contribution in [0.3, 0.4) is 0 Å². The fourth-order valence-corrected chi connectivity index (χ4v) is 4.13. The highest BCUT2D eigenvalue weighted by molar-refractivity contribution is 5.79. The zero-order chi connectivity index (χ0) is 23.7. The predicted octanol–water partition coefficient (Wildman–Crippen LogP) is 8.63. The molecule has 1 unspecified atom stereocenters. The summed E-state index contributed by atoms with van der Waals surface area (Å²) in [4.78, 5) is 23.0. The minimum atomic E-state index is -0.917. The van der Waals surface area contributed by atoms with Crippen molar-refractivity contribution in [1.82, 2.24) is 0 Å². The zero-order valence-electron chi connectivity index (χ0n) is 21.3. The quantitative estimate of drug-likeness (QED) is 0.0904. The van der Waals surface area contributed by atoms with Crippen molar-refractivity contribution in [2.75, 3.05) is 6.61 Å². The molecule has 0 aliphatic carbocycles. The first-order valence-electron chi connectivity index (χ1n) is 13.6. The lowest BCUT2D eigenvalue weighted by molar-refractivity contribution is -0.153. The first kappa shape index (κ1) is 30.7. The van der Waals surface area contributed by atoms with E-state index in [1.54, 1.807) is 0 Å². The molecular formula is C28H52O4. The number of allylic oxidation sites excluding steroid dienone is 2. The largest absolute Gasteiger partial charge is 0.481 e. The molecular weight excluding hydrogens is 400 g/mol. The van der Waals surface area contributed by atoms with Gasteiger partial charge in [-0.15, -0.1) is 0 Å². The van der Waals surface area contributed by atoms with Crippen LogP contribution in [0.1, 0.15) is 142 Å². The summed E-state index contributed by atoms with van der Waals surface area (Å²) in [6, 6.07) is 0. The Bertz CT molecular complexity index is 458. The Morgan fingerprint density at radius 1 is 0.750 bits per heavy atom. The molecule has 0 radical (unpaired) electrons. The Morgan fingerprint density at radius 3 is 1.59 bits per heavy atom. The second-order valence-corrected chi connectivity index (χ2v) is 9.27. The molecule has 4 heteroatoms. The van der Waals surface area contributed by atoms with Crippen LogP contribution in [0.15, 0.2) is 12.2 Å². The van der Waals surface area contributed by atoms with Gasteiger partial charge in [-0.1, -0.05) is 115 Å². The molecule has 0 aromatic heterocycles. The van der Waals surface area contributed by atoms with Crippen LogP contribution in [0.25, 0.3) is 0 Å². The first-order chi connectivity index (χ1) is 15.6. The van der Waals surface area contributed by atoms with Gasteiger partial charge in [0, 0.05) is 0 Å². The van der Waals surface area contributed by atoms with Gasteiger partial charge in [0.1, 0.15) is 0 Å². The van der Waals surface area contributed by atoms with E-state index in [0.29, 0.717) is 13.0 Å². The SMILES string of the molecule is C/C=C/CCCCCCCCCCCCCCCCCCC(CC(=O)O)C(=O)OCCC. The van der Waals surface area contributed by atoms with E-state index in [1.165, 1.54) is 96.3 Å². The Kier molecular flexibility index (Phi) is 23.3. The lowest BCUT2D eigenvalue weighted by atomic mass is 9.97. The molecule has 0 saturated carbocycles. The number of esters is 1. The third kappa shape index (κ3) is 21.9. The number of carboxylic acid groups (broad SMARTS) is 1. The summed E-state index contributed by atoms with van der Waals surface area (Å²) in [5.74, 6) is -1.74. The fraction of sp³-hybridized carbons (Fsp3) is 0.857. The number of unbranched alkanes of at least 4 members (excludes halogenated alkanes) is 16. The molecule has 0 heterocycles. The molecule has 4 nitrogen and oxygen atoms in total. The lowest BCUT2D eigenvalue weighted by Gasteiger charge is -2.13. The van der Waals surface area contributed by atoms with E-state index < -0.39 is 11.9 Å². The molecule has 0 fully saturated rings. The van der Waals surface area contributed by atoms with E-state index in [2.05, 4.69) is 19.1 Å². The van der Waals surface area contributed by atoms with Crippen molar-refractivity contribution in [3.63, 3.8) is 0 Å². The minimum absolute atomic E-state index is 0.112.